The van der Waals surface area contributed by atoms with Crippen LogP contribution >= 0.6 is 0 Å². The number of fused-ring (bicyclic) bond motifs is 3. The molecule has 30 heavy (non-hydrogen) atoms. The molecule has 0 radical (unpaired) electrons. The van der Waals surface area contributed by atoms with Crippen molar-refractivity contribution < 1.29 is 9.53 Å². The largest absolute Gasteiger partial charge is 0.465 e. The molecule has 0 spiro atoms. The lowest BCUT2D eigenvalue weighted by atomic mass is 10.1. The van der Waals surface area contributed by atoms with Gasteiger partial charge in [0.25, 0.3) is 5.56 Å². The number of aryl methyl sites for hydroxylation is 4. The van der Waals surface area contributed by atoms with Crippen LogP contribution in [0.25, 0.3) is 16.9 Å². The lowest BCUT2D eigenvalue weighted by Crippen LogP contribution is -2.41. The predicted octanol–water partition coefficient (Wildman–Crippen LogP) is 1.26. The normalized spacial score (nSPS) is 11.4. The van der Waals surface area contributed by atoms with E-state index in [0.717, 1.165) is 16.7 Å². The van der Waals surface area contributed by atoms with Crippen LogP contribution in [0.4, 0.5) is 0 Å². The fourth-order valence-corrected chi connectivity index (χ4v) is 3.69. The average Bonchev–Trinajstić information content (AvgIpc) is 3.24. The number of esters is 1. The van der Waals surface area contributed by atoms with E-state index in [1.807, 2.05) is 35.9 Å². The number of hydrogen-bond acceptors (Lipinski definition) is 5. The molecule has 0 aliphatic rings. The minimum Gasteiger partial charge on any atom is -0.465 e. The Hall–Kier alpha value is -3.62. The molecule has 0 fully saturated rings. The summed E-state index contributed by atoms with van der Waals surface area (Å²) in [5.41, 5.74) is 1.53. The highest BCUT2D eigenvalue weighted by Crippen LogP contribution is 2.17. The van der Waals surface area contributed by atoms with Crippen molar-refractivity contribution >= 4 is 22.9 Å². The van der Waals surface area contributed by atoms with Gasteiger partial charge < -0.3 is 9.30 Å². The quantitative estimate of drug-likeness (QED) is 0.447. The van der Waals surface area contributed by atoms with Gasteiger partial charge in [0.2, 0.25) is 5.78 Å². The summed E-state index contributed by atoms with van der Waals surface area (Å²) in [6.45, 7) is 4.04. The molecule has 0 aliphatic heterocycles. The van der Waals surface area contributed by atoms with Crippen molar-refractivity contribution in [1.29, 1.82) is 0 Å². The van der Waals surface area contributed by atoms with Gasteiger partial charge >= 0.3 is 11.7 Å². The first-order valence-corrected chi connectivity index (χ1v) is 9.79. The lowest BCUT2D eigenvalue weighted by molar-refractivity contribution is -0.143. The summed E-state index contributed by atoms with van der Waals surface area (Å²) in [7, 11) is 1.54. The van der Waals surface area contributed by atoms with Gasteiger partial charge in [-0.2, -0.15) is 4.98 Å². The molecule has 0 saturated carbocycles. The van der Waals surface area contributed by atoms with Gasteiger partial charge in [-0.1, -0.05) is 30.3 Å². The van der Waals surface area contributed by atoms with E-state index in [4.69, 9.17) is 4.74 Å². The minimum atomic E-state index is -0.631. The smallest absolute Gasteiger partial charge is 0.333 e. The summed E-state index contributed by atoms with van der Waals surface area (Å²) in [5.74, 6) is -0.0483. The number of carbonyl (C=O) groups is 1. The molecular weight excluding hydrogens is 386 g/mol. The first kappa shape index (κ1) is 19.7. The number of carbonyl (C=O) groups excluding carboxylic acids is 1. The Morgan fingerprint density at radius 3 is 2.57 bits per heavy atom. The number of benzene rings is 1. The fourth-order valence-electron chi connectivity index (χ4n) is 3.69. The van der Waals surface area contributed by atoms with Gasteiger partial charge in [-0.05, 0) is 25.8 Å². The molecule has 156 valence electrons. The minimum absolute atomic E-state index is 0.177. The summed E-state index contributed by atoms with van der Waals surface area (Å²) in [5, 5.41) is 0. The highest BCUT2D eigenvalue weighted by Gasteiger charge is 2.21. The van der Waals surface area contributed by atoms with Gasteiger partial charge in [0.05, 0.1) is 6.61 Å². The second-order valence-electron chi connectivity index (χ2n) is 7.15. The Labute approximate surface area is 171 Å². The van der Waals surface area contributed by atoms with Crippen LogP contribution in [-0.2, 0) is 36.1 Å². The maximum absolute atomic E-state index is 13.1. The van der Waals surface area contributed by atoms with Crippen LogP contribution in [0, 0.1) is 6.92 Å². The number of hydrogen-bond donors (Lipinski definition) is 0. The van der Waals surface area contributed by atoms with E-state index >= 15 is 0 Å². The Morgan fingerprint density at radius 1 is 1.13 bits per heavy atom. The summed E-state index contributed by atoms with van der Waals surface area (Å²) >= 11 is 0. The van der Waals surface area contributed by atoms with Crippen molar-refractivity contribution in [3.05, 3.63) is 68.6 Å². The molecule has 0 aliphatic carbocycles. The highest BCUT2D eigenvalue weighted by atomic mass is 16.5. The van der Waals surface area contributed by atoms with Gasteiger partial charge in [0, 0.05) is 25.5 Å². The van der Waals surface area contributed by atoms with Gasteiger partial charge in [0.15, 0.2) is 11.2 Å². The second kappa shape index (κ2) is 7.66. The number of ether oxygens (including phenoxy) is 1. The van der Waals surface area contributed by atoms with Crippen molar-refractivity contribution in [2.24, 2.45) is 7.05 Å². The van der Waals surface area contributed by atoms with Gasteiger partial charge in [0.1, 0.15) is 6.54 Å². The third-order valence-corrected chi connectivity index (χ3v) is 5.20. The lowest BCUT2D eigenvalue weighted by Gasteiger charge is -2.07. The molecular formula is C21H23N5O4. The molecule has 0 bridgehead atoms. The molecule has 0 saturated heterocycles. The Balaban J connectivity index is 1.84. The number of aromatic nitrogens is 5. The summed E-state index contributed by atoms with van der Waals surface area (Å²) in [6.07, 6.45) is 2.64. The van der Waals surface area contributed by atoms with Gasteiger partial charge in [-0.15, -0.1) is 0 Å². The predicted molar refractivity (Wildman–Crippen MR) is 112 cm³/mol. The van der Waals surface area contributed by atoms with Crippen molar-refractivity contribution in [3.63, 3.8) is 0 Å². The number of rotatable bonds is 6. The molecule has 0 N–H and O–H groups in total. The van der Waals surface area contributed by atoms with E-state index in [1.165, 1.54) is 10.1 Å². The third-order valence-electron chi connectivity index (χ3n) is 5.20. The van der Waals surface area contributed by atoms with E-state index in [9.17, 15) is 14.4 Å². The Kier molecular flexibility index (Phi) is 5.03. The van der Waals surface area contributed by atoms with Crippen LogP contribution in [0.1, 0.15) is 18.2 Å². The number of imidazole rings is 2. The van der Waals surface area contributed by atoms with Crippen LogP contribution in [0.15, 0.2) is 46.1 Å². The molecule has 9 nitrogen and oxygen atoms in total. The molecule has 0 unspecified atom stereocenters. The van der Waals surface area contributed by atoms with E-state index in [1.54, 1.807) is 18.4 Å². The van der Waals surface area contributed by atoms with Crippen LogP contribution in [-0.4, -0.2) is 35.7 Å². The summed E-state index contributed by atoms with van der Waals surface area (Å²) < 4.78 is 10.8. The molecule has 4 aromatic rings. The second-order valence-corrected chi connectivity index (χ2v) is 7.15. The van der Waals surface area contributed by atoms with Crippen molar-refractivity contribution in [1.82, 2.24) is 23.1 Å². The SMILES string of the molecule is CCOC(=O)Cn1c(=O)c2c(nc3n(CCc4ccccc4)c(C)cn23)n(C)c1=O. The first-order chi connectivity index (χ1) is 14.4. The van der Waals surface area contributed by atoms with E-state index in [2.05, 4.69) is 17.1 Å². The van der Waals surface area contributed by atoms with Crippen molar-refractivity contribution in [3.8, 4) is 0 Å². The molecule has 3 aromatic heterocycles. The first-order valence-electron chi connectivity index (χ1n) is 9.79. The van der Waals surface area contributed by atoms with Crippen LogP contribution in [0.5, 0.6) is 0 Å². The average molecular weight is 409 g/mol. The molecule has 0 amide bonds. The van der Waals surface area contributed by atoms with E-state index in [-0.39, 0.29) is 17.8 Å². The van der Waals surface area contributed by atoms with Gasteiger partial charge in [-0.25, -0.2) is 9.36 Å². The Bertz CT molecular complexity index is 1360. The van der Waals surface area contributed by atoms with E-state index in [0.29, 0.717) is 12.3 Å². The van der Waals surface area contributed by atoms with Crippen molar-refractivity contribution in [2.75, 3.05) is 6.61 Å². The Morgan fingerprint density at radius 2 is 1.87 bits per heavy atom. The molecule has 0 atom stereocenters. The topological polar surface area (TPSA) is 92.5 Å². The summed E-state index contributed by atoms with van der Waals surface area (Å²) in [6, 6.07) is 10.1. The molecule has 9 heteroatoms. The monoisotopic (exact) mass is 409 g/mol. The zero-order valence-electron chi connectivity index (χ0n) is 17.2. The highest BCUT2D eigenvalue weighted by molar-refractivity contribution is 5.76. The zero-order chi connectivity index (χ0) is 21.4. The number of nitrogens with zero attached hydrogens (tertiary/aromatic N) is 5. The molecule has 3 heterocycles. The van der Waals surface area contributed by atoms with Crippen molar-refractivity contribution in [2.45, 2.75) is 33.4 Å². The van der Waals surface area contributed by atoms with E-state index < -0.39 is 23.8 Å². The zero-order valence-corrected chi connectivity index (χ0v) is 17.2. The standard InChI is InChI=1S/C21H23N5O4/c1-4-30-16(27)13-26-19(28)17-18(23(3)21(26)29)22-20-24(14(2)12-25(17)20)11-10-15-8-6-5-7-9-15/h5-9,12H,4,10-11,13H2,1-3H3. The molecule has 1 aromatic carbocycles. The molecule has 4 rings (SSSR count). The van der Waals surface area contributed by atoms with Crippen LogP contribution < -0.4 is 11.2 Å². The maximum Gasteiger partial charge on any atom is 0.333 e. The third kappa shape index (κ3) is 3.22. The fraction of sp³-hybridized carbons (Fsp3) is 0.333. The van der Waals surface area contributed by atoms with Gasteiger partial charge in [-0.3, -0.25) is 18.6 Å². The maximum atomic E-state index is 13.1. The van der Waals surface area contributed by atoms with Crippen LogP contribution in [0.2, 0.25) is 0 Å². The summed E-state index contributed by atoms with van der Waals surface area (Å²) in [4.78, 5) is 42.2. The van der Waals surface area contributed by atoms with Crippen LogP contribution in [0.3, 0.4) is 0 Å².